The molecule has 2 aliphatic rings. The average Bonchev–Trinajstić information content (AvgIpc) is 2.94. The summed E-state index contributed by atoms with van der Waals surface area (Å²) in [5.74, 6) is 2.60. The predicted octanol–water partition coefficient (Wildman–Crippen LogP) is 3.59. The number of rotatable bonds is 3. The molecule has 2 heterocycles. The van der Waals surface area contributed by atoms with Crippen LogP contribution in [-0.4, -0.2) is 30.6 Å². The summed E-state index contributed by atoms with van der Waals surface area (Å²) < 4.78 is 0. The van der Waals surface area contributed by atoms with Crippen LogP contribution in [0.1, 0.15) is 25.7 Å². The van der Waals surface area contributed by atoms with Crippen molar-refractivity contribution >= 4 is 23.1 Å². The van der Waals surface area contributed by atoms with E-state index >= 15 is 0 Å². The number of nitrogens with one attached hydrogen (secondary N) is 1. The second-order valence-corrected chi connectivity index (χ2v) is 6.42. The number of hydrogen-bond acceptors (Lipinski definition) is 3. The number of para-hydroxylation sites is 2. The first-order valence-corrected chi connectivity index (χ1v) is 8.27. The first-order chi connectivity index (χ1) is 8.93. The van der Waals surface area contributed by atoms with Gasteiger partial charge in [0.25, 0.3) is 0 Å². The van der Waals surface area contributed by atoms with Gasteiger partial charge in [-0.15, -0.1) is 0 Å². The van der Waals surface area contributed by atoms with Gasteiger partial charge < -0.3 is 10.2 Å². The van der Waals surface area contributed by atoms with Gasteiger partial charge in [0.1, 0.15) is 0 Å². The maximum absolute atomic E-state index is 3.76. The molecule has 2 fully saturated rings. The Morgan fingerprint density at radius 1 is 1.11 bits per heavy atom. The van der Waals surface area contributed by atoms with Crippen molar-refractivity contribution in [2.45, 2.75) is 31.7 Å². The number of benzene rings is 1. The Bertz CT molecular complexity index is 382. The molecule has 0 bridgehead atoms. The van der Waals surface area contributed by atoms with Crippen LogP contribution in [0.5, 0.6) is 0 Å². The zero-order valence-electron chi connectivity index (χ0n) is 10.9. The average molecular weight is 262 g/mol. The van der Waals surface area contributed by atoms with E-state index in [0.29, 0.717) is 6.04 Å². The maximum Gasteiger partial charge on any atom is 0.0602 e. The van der Waals surface area contributed by atoms with E-state index in [0.717, 1.165) is 0 Å². The van der Waals surface area contributed by atoms with Crippen molar-refractivity contribution in [3.8, 4) is 0 Å². The van der Waals surface area contributed by atoms with Crippen LogP contribution in [0, 0.1) is 0 Å². The van der Waals surface area contributed by atoms with Gasteiger partial charge in [0.05, 0.1) is 11.4 Å². The molecule has 18 heavy (non-hydrogen) atoms. The van der Waals surface area contributed by atoms with Gasteiger partial charge in [-0.05, 0) is 43.6 Å². The molecule has 0 aromatic heterocycles. The van der Waals surface area contributed by atoms with Crippen LogP contribution in [0.3, 0.4) is 0 Å². The minimum Gasteiger partial charge on any atom is -0.380 e. The molecule has 0 saturated carbocycles. The standard InChI is InChI=1S/C15H22N2S/c1-2-8-15(17-9-3-4-10-17)14(7-1)16-13-6-5-11-18-12-13/h1-2,7-8,13,16H,3-6,9-12H2. The Morgan fingerprint density at radius 2 is 1.94 bits per heavy atom. The van der Waals surface area contributed by atoms with E-state index in [1.165, 1.54) is 61.7 Å². The van der Waals surface area contributed by atoms with E-state index in [1.54, 1.807) is 0 Å². The lowest BCUT2D eigenvalue weighted by Gasteiger charge is -2.27. The maximum atomic E-state index is 3.76. The van der Waals surface area contributed by atoms with Crippen molar-refractivity contribution in [1.29, 1.82) is 0 Å². The van der Waals surface area contributed by atoms with Gasteiger partial charge in [0, 0.05) is 24.9 Å². The second kappa shape index (κ2) is 5.87. The molecule has 0 spiro atoms. The Balaban J connectivity index is 1.73. The van der Waals surface area contributed by atoms with Crippen LogP contribution in [0.2, 0.25) is 0 Å². The number of hydrogen-bond donors (Lipinski definition) is 1. The molecule has 1 aromatic carbocycles. The highest BCUT2D eigenvalue weighted by molar-refractivity contribution is 7.99. The molecule has 1 aromatic rings. The second-order valence-electron chi connectivity index (χ2n) is 5.27. The van der Waals surface area contributed by atoms with E-state index in [1.807, 2.05) is 0 Å². The minimum atomic E-state index is 0.660. The molecule has 1 N–H and O–H groups in total. The van der Waals surface area contributed by atoms with Crippen molar-refractivity contribution in [3.63, 3.8) is 0 Å². The summed E-state index contributed by atoms with van der Waals surface area (Å²) in [5.41, 5.74) is 2.75. The topological polar surface area (TPSA) is 15.3 Å². The Hall–Kier alpha value is -0.830. The van der Waals surface area contributed by atoms with Crippen molar-refractivity contribution in [2.24, 2.45) is 0 Å². The molecule has 3 heteroatoms. The summed E-state index contributed by atoms with van der Waals surface area (Å²) in [6.45, 7) is 2.44. The predicted molar refractivity (Wildman–Crippen MR) is 81.9 cm³/mol. The highest BCUT2D eigenvalue weighted by Crippen LogP contribution is 2.30. The SMILES string of the molecule is c1ccc(N2CCCC2)c(NC2CCCSC2)c1. The Morgan fingerprint density at radius 3 is 2.72 bits per heavy atom. The quantitative estimate of drug-likeness (QED) is 0.896. The van der Waals surface area contributed by atoms with Crippen LogP contribution in [-0.2, 0) is 0 Å². The summed E-state index contributed by atoms with van der Waals surface area (Å²) >= 11 is 2.08. The molecule has 3 rings (SSSR count). The third-order valence-corrected chi connectivity index (χ3v) is 5.09. The third kappa shape index (κ3) is 2.77. The highest BCUT2D eigenvalue weighted by atomic mass is 32.2. The van der Waals surface area contributed by atoms with Gasteiger partial charge in [-0.3, -0.25) is 0 Å². The monoisotopic (exact) mass is 262 g/mol. The largest absolute Gasteiger partial charge is 0.380 e. The molecular weight excluding hydrogens is 240 g/mol. The van der Waals surface area contributed by atoms with Gasteiger partial charge >= 0.3 is 0 Å². The molecule has 0 amide bonds. The number of anilines is 2. The molecule has 0 aliphatic carbocycles. The molecule has 1 atom stereocenters. The van der Waals surface area contributed by atoms with Gasteiger partial charge in [-0.2, -0.15) is 11.8 Å². The van der Waals surface area contributed by atoms with Gasteiger partial charge in [-0.25, -0.2) is 0 Å². The van der Waals surface area contributed by atoms with Crippen LogP contribution in [0.25, 0.3) is 0 Å². The van der Waals surface area contributed by atoms with Gasteiger partial charge in [0.2, 0.25) is 0 Å². The fraction of sp³-hybridized carbons (Fsp3) is 0.600. The lowest BCUT2D eigenvalue weighted by Crippen LogP contribution is -2.27. The molecule has 2 nitrogen and oxygen atoms in total. The molecule has 2 aliphatic heterocycles. The Kier molecular flexibility index (Phi) is 3.99. The van der Waals surface area contributed by atoms with Crippen molar-refractivity contribution in [2.75, 3.05) is 34.8 Å². The highest BCUT2D eigenvalue weighted by Gasteiger charge is 2.18. The fourth-order valence-electron chi connectivity index (χ4n) is 2.90. The molecule has 2 saturated heterocycles. The first kappa shape index (κ1) is 12.2. The van der Waals surface area contributed by atoms with E-state index in [4.69, 9.17) is 0 Å². The molecule has 98 valence electrons. The van der Waals surface area contributed by atoms with Crippen molar-refractivity contribution < 1.29 is 0 Å². The third-order valence-electron chi connectivity index (χ3n) is 3.87. The smallest absolute Gasteiger partial charge is 0.0602 e. The summed E-state index contributed by atoms with van der Waals surface area (Å²) in [7, 11) is 0. The van der Waals surface area contributed by atoms with Gasteiger partial charge in [-0.1, -0.05) is 12.1 Å². The number of nitrogens with zero attached hydrogens (tertiary/aromatic N) is 1. The van der Waals surface area contributed by atoms with E-state index < -0.39 is 0 Å². The lowest BCUT2D eigenvalue weighted by molar-refractivity contribution is 0.685. The van der Waals surface area contributed by atoms with Crippen LogP contribution in [0.15, 0.2) is 24.3 Å². The van der Waals surface area contributed by atoms with Gasteiger partial charge in [0.15, 0.2) is 0 Å². The van der Waals surface area contributed by atoms with E-state index in [2.05, 4.69) is 46.2 Å². The van der Waals surface area contributed by atoms with Crippen LogP contribution < -0.4 is 10.2 Å². The summed E-state index contributed by atoms with van der Waals surface area (Å²) in [5, 5.41) is 3.76. The van der Waals surface area contributed by atoms with Crippen LogP contribution in [0.4, 0.5) is 11.4 Å². The van der Waals surface area contributed by atoms with E-state index in [-0.39, 0.29) is 0 Å². The molecule has 0 radical (unpaired) electrons. The number of thioether (sulfide) groups is 1. The normalized spacial score (nSPS) is 24.2. The zero-order chi connectivity index (χ0) is 12.2. The van der Waals surface area contributed by atoms with E-state index in [9.17, 15) is 0 Å². The lowest BCUT2D eigenvalue weighted by atomic mass is 10.1. The minimum absolute atomic E-state index is 0.660. The fourth-order valence-corrected chi connectivity index (χ4v) is 3.98. The van der Waals surface area contributed by atoms with Crippen LogP contribution >= 0.6 is 11.8 Å². The Labute approximate surface area is 114 Å². The summed E-state index contributed by atoms with van der Waals surface area (Å²) in [6.07, 6.45) is 5.36. The van der Waals surface area contributed by atoms with Crippen molar-refractivity contribution in [1.82, 2.24) is 0 Å². The zero-order valence-corrected chi connectivity index (χ0v) is 11.7. The molecular formula is C15H22N2S. The van der Waals surface area contributed by atoms with Crippen molar-refractivity contribution in [3.05, 3.63) is 24.3 Å². The first-order valence-electron chi connectivity index (χ1n) is 7.12. The molecule has 1 unspecified atom stereocenters. The summed E-state index contributed by atoms with van der Waals surface area (Å²) in [4.78, 5) is 2.53. The summed E-state index contributed by atoms with van der Waals surface area (Å²) in [6, 6.07) is 9.48.